The molecule has 0 atom stereocenters. The van der Waals surface area contributed by atoms with Gasteiger partial charge in [-0.15, -0.1) is 0 Å². The topological polar surface area (TPSA) is 95.1 Å². The SMILES string of the molecule is COC(=O)c1cc(Cl)cc(SNc2cccc(-c3cn(C)c4ncnc(N)c34)c2F)c1Cl. The smallest absolute Gasteiger partial charge is 0.339 e. The van der Waals surface area contributed by atoms with Crippen molar-refractivity contribution < 1.29 is 13.9 Å². The van der Waals surface area contributed by atoms with Gasteiger partial charge in [-0.1, -0.05) is 35.3 Å². The van der Waals surface area contributed by atoms with Crippen molar-refractivity contribution in [2.45, 2.75) is 4.90 Å². The van der Waals surface area contributed by atoms with Crippen LogP contribution in [0.15, 0.2) is 47.8 Å². The Hall–Kier alpha value is -3.01. The van der Waals surface area contributed by atoms with Gasteiger partial charge in [0, 0.05) is 34.3 Å². The molecule has 164 valence electrons. The van der Waals surface area contributed by atoms with E-state index in [-0.39, 0.29) is 22.1 Å². The minimum absolute atomic E-state index is 0.117. The summed E-state index contributed by atoms with van der Waals surface area (Å²) < 4.78 is 24.9. The van der Waals surface area contributed by atoms with Crippen LogP contribution in [0.3, 0.4) is 0 Å². The zero-order valence-electron chi connectivity index (χ0n) is 16.8. The molecule has 2 heterocycles. The largest absolute Gasteiger partial charge is 0.465 e. The Balaban J connectivity index is 1.70. The van der Waals surface area contributed by atoms with Crippen molar-refractivity contribution >= 4 is 63.7 Å². The van der Waals surface area contributed by atoms with Crippen LogP contribution >= 0.6 is 35.1 Å². The molecule has 2 aromatic heterocycles. The number of nitrogens with zero attached hydrogens (tertiary/aromatic N) is 3. The zero-order chi connectivity index (χ0) is 23.0. The van der Waals surface area contributed by atoms with Crippen molar-refractivity contribution in [3.63, 3.8) is 0 Å². The number of rotatable bonds is 5. The molecule has 0 radical (unpaired) electrons. The number of benzene rings is 2. The minimum atomic E-state index is -0.622. The molecule has 0 aliphatic carbocycles. The molecule has 0 saturated heterocycles. The fourth-order valence-corrected chi connectivity index (χ4v) is 4.61. The van der Waals surface area contributed by atoms with Gasteiger partial charge in [-0.25, -0.2) is 19.2 Å². The first-order valence-corrected chi connectivity index (χ1v) is 10.7. The van der Waals surface area contributed by atoms with Gasteiger partial charge in [0.1, 0.15) is 17.8 Å². The van der Waals surface area contributed by atoms with Crippen molar-refractivity contribution in [3.8, 4) is 11.1 Å². The van der Waals surface area contributed by atoms with E-state index in [0.717, 1.165) is 11.9 Å². The van der Waals surface area contributed by atoms with Crippen molar-refractivity contribution in [3.05, 3.63) is 64.3 Å². The monoisotopic (exact) mass is 491 g/mol. The van der Waals surface area contributed by atoms with Crippen LogP contribution in [0.5, 0.6) is 0 Å². The van der Waals surface area contributed by atoms with Crippen molar-refractivity contribution in [1.29, 1.82) is 0 Å². The highest BCUT2D eigenvalue weighted by molar-refractivity contribution is 8.00. The molecule has 0 aliphatic heterocycles. The highest BCUT2D eigenvalue weighted by Gasteiger charge is 2.20. The first-order chi connectivity index (χ1) is 15.3. The highest BCUT2D eigenvalue weighted by atomic mass is 35.5. The second-order valence-electron chi connectivity index (χ2n) is 6.74. The number of carbonyl (C=O) groups excluding carboxylic acids is 1. The normalized spacial score (nSPS) is 11.0. The lowest BCUT2D eigenvalue weighted by atomic mass is 10.0. The van der Waals surface area contributed by atoms with Gasteiger partial charge in [0.2, 0.25) is 0 Å². The molecule has 3 N–H and O–H groups in total. The standard InChI is InChI=1S/C21H16Cl2FN5O2S/c1-29-8-13(16-19(25)26-9-27-20(16)29)11-4-3-5-14(18(11)24)28-32-15-7-10(22)6-12(17(15)23)21(30)31-2/h3-9,28H,1-2H3,(H2,25,26,27). The summed E-state index contributed by atoms with van der Waals surface area (Å²) in [5.41, 5.74) is 7.86. The number of hydrogen-bond acceptors (Lipinski definition) is 7. The Morgan fingerprint density at radius 3 is 2.78 bits per heavy atom. The van der Waals surface area contributed by atoms with Crippen LogP contribution in [-0.4, -0.2) is 27.6 Å². The molecule has 4 aromatic rings. The summed E-state index contributed by atoms with van der Waals surface area (Å²) in [4.78, 5) is 20.6. The Kier molecular flexibility index (Phi) is 6.14. The molecule has 7 nitrogen and oxygen atoms in total. The van der Waals surface area contributed by atoms with Gasteiger partial charge < -0.3 is 19.8 Å². The first kappa shape index (κ1) is 22.2. The average molecular weight is 492 g/mol. The number of esters is 1. The minimum Gasteiger partial charge on any atom is -0.465 e. The Morgan fingerprint density at radius 2 is 2.03 bits per heavy atom. The maximum atomic E-state index is 15.5. The van der Waals surface area contributed by atoms with Gasteiger partial charge in [0.05, 0.1) is 28.8 Å². The fourth-order valence-electron chi connectivity index (χ4n) is 3.26. The molecule has 0 unspecified atom stereocenters. The van der Waals surface area contributed by atoms with Crippen molar-refractivity contribution in [2.75, 3.05) is 17.6 Å². The molecule has 32 heavy (non-hydrogen) atoms. The van der Waals surface area contributed by atoms with Crippen molar-refractivity contribution in [2.24, 2.45) is 7.05 Å². The summed E-state index contributed by atoms with van der Waals surface area (Å²) in [5.74, 6) is -0.857. The maximum absolute atomic E-state index is 15.5. The lowest BCUT2D eigenvalue weighted by Crippen LogP contribution is -2.03. The predicted molar refractivity (Wildman–Crippen MR) is 126 cm³/mol. The summed E-state index contributed by atoms with van der Waals surface area (Å²) in [6.45, 7) is 0. The molecular formula is C21H16Cl2FN5O2S. The van der Waals surface area contributed by atoms with Crippen LogP contribution in [-0.2, 0) is 11.8 Å². The molecule has 0 fully saturated rings. The second kappa shape index (κ2) is 8.85. The molecule has 0 aliphatic rings. The van der Waals surface area contributed by atoms with Crippen LogP contribution < -0.4 is 10.5 Å². The number of hydrogen-bond donors (Lipinski definition) is 2. The van der Waals surface area contributed by atoms with E-state index in [1.165, 1.54) is 19.5 Å². The predicted octanol–water partition coefficient (Wildman–Crippen LogP) is 5.57. The van der Waals surface area contributed by atoms with Crippen LogP contribution in [0.1, 0.15) is 10.4 Å². The number of nitrogens with one attached hydrogen (secondary N) is 1. The fraction of sp³-hybridized carbons (Fsp3) is 0.0952. The van der Waals surface area contributed by atoms with E-state index >= 15 is 4.39 Å². The van der Waals surface area contributed by atoms with Crippen LogP contribution in [0.4, 0.5) is 15.9 Å². The number of halogens is 3. The number of ether oxygens (including phenoxy) is 1. The Morgan fingerprint density at radius 1 is 1.25 bits per heavy atom. The number of aryl methyl sites for hydroxylation is 1. The number of nitrogens with two attached hydrogens (primary N) is 1. The molecule has 2 aromatic carbocycles. The van der Waals surface area contributed by atoms with Crippen LogP contribution in [0.2, 0.25) is 10.0 Å². The van der Waals surface area contributed by atoms with Gasteiger partial charge in [-0.2, -0.15) is 0 Å². The number of fused-ring (bicyclic) bond motifs is 1. The third-order valence-electron chi connectivity index (χ3n) is 4.75. The summed E-state index contributed by atoms with van der Waals surface area (Å²) in [6, 6.07) is 7.91. The lowest BCUT2D eigenvalue weighted by Gasteiger charge is -2.12. The number of carbonyl (C=O) groups is 1. The third-order valence-corrected chi connectivity index (χ3v) is 6.35. The Bertz CT molecular complexity index is 1360. The van der Waals surface area contributed by atoms with E-state index in [4.69, 9.17) is 33.7 Å². The second-order valence-corrected chi connectivity index (χ2v) is 8.40. The number of aromatic nitrogens is 3. The first-order valence-electron chi connectivity index (χ1n) is 9.16. The molecule has 0 bridgehead atoms. The molecule has 11 heteroatoms. The number of nitrogen functional groups attached to an aromatic ring is 1. The zero-order valence-corrected chi connectivity index (χ0v) is 19.1. The van der Waals surface area contributed by atoms with Gasteiger partial charge in [-0.3, -0.25) is 0 Å². The van der Waals surface area contributed by atoms with Gasteiger partial charge >= 0.3 is 5.97 Å². The summed E-state index contributed by atoms with van der Waals surface area (Å²) in [6.07, 6.45) is 3.12. The summed E-state index contributed by atoms with van der Waals surface area (Å²) in [5, 5.41) is 1.01. The quantitative estimate of drug-likeness (QED) is 0.278. The van der Waals surface area contributed by atoms with E-state index in [1.807, 2.05) is 0 Å². The maximum Gasteiger partial charge on any atom is 0.339 e. The van der Waals surface area contributed by atoms with E-state index in [1.54, 1.807) is 42.1 Å². The average Bonchev–Trinajstić information content (AvgIpc) is 3.12. The Labute approximate surface area is 196 Å². The van der Waals surface area contributed by atoms with E-state index < -0.39 is 11.8 Å². The van der Waals surface area contributed by atoms with E-state index in [0.29, 0.717) is 32.1 Å². The lowest BCUT2D eigenvalue weighted by molar-refractivity contribution is 0.0600. The molecular weight excluding hydrogens is 476 g/mol. The van der Waals surface area contributed by atoms with Crippen LogP contribution in [0.25, 0.3) is 22.2 Å². The highest BCUT2D eigenvalue weighted by Crippen LogP contribution is 2.38. The molecule has 0 spiro atoms. The molecule has 0 saturated carbocycles. The van der Waals surface area contributed by atoms with Gasteiger partial charge in [-0.05, 0) is 30.1 Å². The summed E-state index contributed by atoms with van der Waals surface area (Å²) >= 11 is 13.5. The van der Waals surface area contributed by atoms with E-state index in [9.17, 15) is 4.79 Å². The number of methoxy groups -OCH3 is 1. The van der Waals surface area contributed by atoms with E-state index in [2.05, 4.69) is 14.7 Å². The molecule has 0 amide bonds. The van der Waals surface area contributed by atoms with Crippen LogP contribution in [0, 0.1) is 5.82 Å². The van der Waals surface area contributed by atoms with Gasteiger partial charge in [0.25, 0.3) is 0 Å². The summed E-state index contributed by atoms with van der Waals surface area (Å²) in [7, 11) is 3.05. The molecule has 4 rings (SSSR count). The number of anilines is 2. The van der Waals surface area contributed by atoms with Crippen molar-refractivity contribution in [1.82, 2.24) is 14.5 Å². The third kappa shape index (κ3) is 3.94. The van der Waals surface area contributed by atoms with Gasteiger partial charge in [0.15, 0.2) is 5.82 Å².